The fourth-order valence-electron chi connectivity index (χ4n) is 3.15. The molecule has 1 aromatic heterocycles. The molecule has 2 atom stereocenters. The summed E-state index contributed by atoms with van der Waals surface area (Å²) in [6.45, 7) is 5.82. The van der Waals surface area contributed by atoms with E-state index in [1.807, 2.05) is 18.4 Å². The molecule has 1 saturated carbocycles. The molecule has 0 radical (unpaired) electrons. The van der Waals surface area contributed by atoms with E-state index in [1.165, 1.54) is 24.1 Å². The van der Waals surface area contributed by atoms with Gasteiger partial charge in [0.05, 0.1) is 18.8 Å². The van der Waals surface area contributed by atoms with Crippen LogP contribution in [0.4, 0.5) is 0 Å². The molecule has 0 amide bonds. The summed E-state index contributed by atoms with van der Waals surface area (Å²) in [6, 6.07) is 5.35. The average Bonchev–Trinajstić information content (AvgIpc) is 3.03. The standard InChI is InChI=1S/C17H28N4OS.HI/c1-13-12-21(8-9-22-13)15(16-7-4-10-23-16)11-19-17(18-2)20-14-5-3-6-14;/h4,7,10,13-15H,3,5-6,8-9,11-12H2,1-2H3,(H2,18,19,20);1H. The van der Waals surface area contributed by atoms with Crippen LogP contribution in [0.3, 0.4) is 0 Å². The molecule has 2 unspecified atom stereocenters. The second kappa shape index (κ2) is 9.94. The van der Waals surface area contributed by atoms with Crippen molar-refractivity contribution in [3.63, 3.8) is 0 Å². The molecule has 1 aliphatic carbocycles. The monoisotopic (exact) mass is 464 g/mol. The van der Waals surface area contributed by atoms with Crippen molar-refractivity contribution in [2.45, 2.75) is 44.4 Å². The van der Waals surface area contributed by atoms with Crippen molar-refractivity contribution in [3.05, 3.63) is 22.4 Å². The Hall–Kier alpha value is -0.380. The van der Waals surface area contributed by atoms with Crippen LogP contribution in [-0.2, 0) is 4.74 Å². The van der Waals surface area contributed by atoms with Gasteiger partial charge in [-0.2, -0.15) is 0 Å². The first-order chi connectivity index (χ1) is 11.3. The summed E-state index contributed by atoms with van der Waals surface area (Å²) in [7, 11) is 1.85. The van der Waals surface area contributed by atoms with E-state index < -0.39 is 0 Å². The minimum atomic E-state index is 0. The van der Waals surface area contributed by atoms with Crippen molar-refractivity contribution in [2.75, 3.05) is 33.3 Å². The molecule has 2 N–H and O–H groups in total. The van der Waals surface area contributed by atoms with Gasteiger partial charge < -0.3 is 15.4 Å². The first kappa shape index (κ1) is 19.9. The van der Waals surface area contributed by atoms with Crippen molar-refractivity contribution in [2.24, 2.45) is 4.99 Å². The Morgan fingerprint density at radius 1 is 1.50 bits per heavy atom. The molecule has 2 fully saturated rings. The summed E-state index contributed by atoms with van der Waals surface area (Å²) < 4.78 is 5.70. The summed E-state index contributed by atoms with van der Waals surface area (Å²) in [5, 5.41) is 9.21. The SMILES string of the molecule is CN=C(NCC(c1cccs1)N1CCOC(C)C1)NC1CCC1.I. The van der Waals surface area contributed by atoms with E-state index in [2.05, 4.69) is 45.0 Å². The van der Waals surface area contributed by atoms with E-state index in [4.69, 9.17) is 4.74 Å². The van der Waals surface area contributed by atoms with Crippen LogP contribution in [0, 0.1) is 0 Å². The van der Waals surface area contributed by atoms with Gasteiger partial charge in [-0.1, -0.05) is 6.07 Å². The van der Waals surface area contributed by atoms with Crippen LogP contribution in [0.1, 0.15) is 37.1 Å². The number of guanidine groups is 1. The van der Waals surface area contributed by atoms with Crippen LogP contribution >= 0.6 is 35.3 Å². The Balaban J connectivity index is 0.00000208. The molecule has 1 aromatic rings. The molecule has 0 aromatic carbocycles. The van der Waals surface area contributed by atoms with Crippen LogP contribution in [0.2, 0.25) is 0 Å². The first-order valence-electron chi connectivity index (χ1n) is 8.62. The van der Waals surface area contributed by atoms with Gasteiger partial charge >= 0.3 is 0 Å². The average molecular weight is 464 g/mol. The van der Waals surface area contributed by atoms with E-state index in [1.54, 1.807) is 0 Å². The number of nitrogens with one attached hydrogen (secondary N) is 2. The third kappa shape index (κ3) is 5.31. The highest BCUT2D eigenvalue weighted by atomic mass is 127. The molecule has 5 nitrogen and oxygen atoms in total. The maximum atomic E-state index is 5.70. The Morgan fingerprint density at radius 3 is 2.92 bits per heavy atom. The molecule has 3 rings (SSSR count). The smallest absolute Gasteiger partial charge is 0.191 e. The zero-order valence-electron chi connectivity index (χ0n) is 14.5. The van der Waals surface area contributed by atoms with Crippen LogP contribution in [0.25, 0.3) is 0 Å². The molecular formula is C17H29IN4OS. The largest absolute Gasteiger partial charge is 0.376 e. The minimum Gasteiger partial charge on any atom is -0.376 e. The molecule has 24 heavy (non-hydrogen) atoms. The number of rotatable bonds is 5. The topological polar surface area (TPSA) is 48.9 Å². The van der Waals surface area contributed by atoms with Gasteiger partial charge in [0.2, 0.25) is 0 Å². The van der Waals surface area contributed by atoms with E-state index >= 15 is 0 Å². The van der Waals surface area contributed by atoms with Crippen molar-refractivity contribution in [1.29, 1.82) is 0 Å². The highest BCUT2D eigenvalue weighted by molar-refractivity contribution is 14.0. The van der Waals surface area contributed by atoms with Crippen molar-refractivity contribution < 1.29 is 4.74 Å². The Labute approximate surface area is 166 Å². The van der Waals surface area contributed by atoms with Crippen LogP contribution in [-0.4, -0.2) is 56.3 Å². The van der Waals surface area contributed by atoms with Crippen LogP contribution in [0.5, 0.6) is 0 Å². The lowest BCUT2D eigenvalue weighted by Crippen LogP contribution is -2.50. The molecule has 2 aliphatic rings. The van der Waals surface area contributed by atoms with Gasteiger partial charge in [-0.3, -0.25) is 9.89 Å². The molecule has 0 bridgehead atoms. The molecule has 2 heterocycles. The third-order valence-corrected chi connectivity index (χ3v) is 5.69. The van der Waals surface area contributed by atoms with Gasteiger partial charge in [0.15, 0.2) is 5.96 Å². The number of ether oxygens (including phenoxy) is 1. The molecular weight excluding hydrogens is 435 g/mol. The molecule has 0 spiro atoms. The van der Waals surface area contributed by atoms with Crippen molar-refractivity contribution in [3.8, 4) is 0 Å². The second-order valence-electron chi connectivity index (χ2n) is 6.43. The summed E-state index contributed by atoms with van der Waals surface area (Å²) >= 11 is 1.83. The lowest BCUT2D eigenvalue weighted by molar-refractivity contribution is -0.0334. The maximum absolute atomic E-state index is 5.70. The van der Waals surface area contributed by atoms with Crippen LogP contribution in [0.15, 0.2) is 22.5 Å². The number of hydrogen-bond donors (Lipinski definition) is 2. The lowest BCUT2D eigenvalue weighted by atomic mass is 9.93. The molecule has 1 aliphatic heterocycles. The van der Waals surface area contributed by atoms with Gasteiger partial charge in [0.25, 0.3) is 0 Å². The number of thiophene rings is 1. The zero-order chi connectivity index (χ0) is 16.1. The minimum absolute atomic E-state index is 0. The predicted molar refractivity (Wildman–Crippen MR) is 112 cm³/mol. The quantitative estimate of drug-likeness (QED) is 0.400. The van der Waals surface area contributed by atoms with E-state index in [-0.39, 0.29) is 24.0 Å². The highest BCUT2D eigenvalue weighted by Crippen LogP contribution is 2.26. The summed E-state index contributed by atoms with van der Waals surface area (Å²) in [5.41, 5.74) is 0. The molecule has 7 heteroatoms. The van der Waals surface area contributed by atoms with Gasteiger partial charge in [-0.25, -0.2) is 0 Å². The summed E-state index contributed by atoms with van der Waals surface area (Å²) in [5.74, 6) is 0.928. The normalized spacial score (nSPS) is 23.9. The highest BCUT2D eigenvalue weighted by Gasteiger charge is 2.27. The van der Waals surface area contributed by atoms with E-state index in [0.717, 1.165) is 32.2 Å². The van der Waals surface area contributed by atoms with E-state index in [9.17, 15) is 0 Å². The van der Waals surface area contributed by atoms with Gasteiger partial charge in [-0.15, -0.1) is 35.3 Å². The number of halogens is 1. The predicted octanol–water partition coefficient (Wildman–Crippen LogP) is 2.85. The summed E-state index contributed by atoms with van der Waals surface area (Å²) in [6.07, 6.45) is 4.16. The number of aliphatic imine (C=N–C) groups is 1. The maximum Gasteiger partial charge on any atom is 0.191 e. The lowest BCUT2D eigenvalue weighted by Gasteiger charge is -2.37. The fraction of sp³-hybridized carbons (Fsp3) is 0.706. The Kier molecular flexibility index (Phi) is 8.25. The Bertz CT molecular complexity index is 507. The number of morpholine rings is 1. The summed E-state index contributed by atoms with van der Waals surface area (Å²) in [4.78, 5) is 8.32. The van der Waals surface area contributed by atoms with Crippen molar-refractivity contribution >= 4 is 41.3 Å². The third-order valence-electron chi connectivity index (χ3n) is 4.72. The zero-order valence-corrected chi connectivity index (χ0v) is 17.7. The second-order valence-corrected chi connectivity index (χ2v) is 7.41. The van der Waals surface area contributed by atoms with Gasteiger partial charge in [0.1, 0.15) is 0 Å². The fourth-order valence-corrected chi connectivity index (χ4v) is 4.01. The van der Waals surface area contributed by atoms with Crippen molar-refractivity contribution in [1.82, 2.24) is 15.5 Å². The number of nitrogens with zero attached hydrogens (tertiary/aromatic N) is 2. The number of hydrogen-bond acceptors (Lipinski definition) is 4. The van der Waals surface area contributed by atoms with Crippen LogP contribution < -0.4 is 10.6 Å². The Morgan fingerprint density at radius 2 is 2.33 bits per heavy atom. The van der Waals surface area contributed by atoms with E-state index in [0.29, 0.717) is 18.2 Å². The van der Waals surface area contributed by atoms with Gasteiger partial charge in [-0.05, 0) is 37.6 Å². The first-order valence-corrected chi connectivity index (χ1v) is 9.50. The molecule has 136 valence electrons. The molecule has 1 saturated heterocycles. The van der Waals surface area contributed by atoms with Gasteiger partial charge in [0, 0.05) is 37.6 Å².